The van der Waals surface area contributed by atoms with Gasteiger partial charge in [0.25, 0.3) is 0 Å². The van der Waals surface area contributed by atoms with Crippen LogP contribution in [0.1, 0.15) is 25.0 Å². The Morgan fingerprint density at radius 3 is 2.50 bits per heavy atom. The van der Waals surface area contributed by atoms with Gasteiger partial charge < -0.3 is 9.84 Å². The molecule has 2 heterocycles. The number of nitrogens with one attached hydrogen (secondary N) is 1. The van der Waals surface area contributed by atoms with Crippen LogP contribution in [0.25, 0.3) is 0 Å². The van der Waals surface area contributed by atoms with Crippen molar-refractivity contribution < 1.29 is 18.9 Å². The number of aromatic nitrogens is 1. The lowest BCUT2D eigenvalue weighted by Crippen LogP contribution is -2.39. The van der Waals surface area contributed by atoms with E-state index in [0.29, 0.717) is 23.4 Å². The van der Waals surface area contributed by atoms with Crippen LogP contribution in [-0.2, 0) is 14.4 Å². The number of likely N-dealkylation sites (tertiary alicyclic amines) is 1. The second-order valence-corrected chi connectivity index (χ2v) is 6.52. The summed E-state index contributed by atoms with van der Waals surface area (Å²) in [5.41, 5.74) is 0. The molecule has 2 aliphatic carbocycles. The zero-order chi connectivity index (χ0) is 15.4. The molecule has 7 heteroatoms. The lowest BCUT2D eigenvalue weighted by atomic mass is 9.81. The number of imide groups is 1. The maximum atomic E-state index is 12.5. The zero-order valence-corrected chi connectivity index (χ0v) is 12.2. The molecule has 0 aromatic carbocycles. The Kier molecular flexibility index (Phi) is 2.85. The van der Waals surface area contributed by atoms with E-state index in [1.54, 1.807) is 13.0 Å². The fraction of sp³-hybridized carbons (Fsp3) is 0.600. The SMILES string of the molecule is Cc1cc(NC(=O)CN2C(=O)[C@H]3[C@H]4CC[C@@H](C4)[C@@H]3C2=O)no1. The average molecular weight is 303 g/mol. The van der Waals surface area contributed by atoms with Gasteiger partial charge in [-0.15, -0.1) is 0 Å². The van der Waals surface area contributed by atoms with Gasteiger partial charge in [-0.1, -0.05) is 5.16 Å². The quantitative estimate of drug-likeness (QED) is 0.839. The van der Waals surface area contributed by atoms with E-state index >= 15 is 0 Å². The maximum Gasteiger partial charge on any atom is 0.245 e. The topological polar surface area (TPSA) is 92.5 Å². The van der Waals surface area contributed by atoms with Crippen molar-refractivity contribution in [3.63, 3.8) is 0 Å². The van der Waals surface area contributed by atoms with Crippen LogP contribution in [0, 0.1) is 30.6 Å². The van der Waals surface area contributed by atoms with Gasteiger partial charge in [-0.2, -0.15) is 0 Å². The normalized spacial score (nSPS) is 32.7. The second-order valence-electron chi connectivity index (χ2n) is 6.52. The molecular formula is C15H17N3O4. The van der Waals surface area contributed by atoms with Crippen molar-refractivity contribution in [2.24, 2.45) is 23.7 Å². The Labute approximate surface area is 127 Å². The van der Waals surface area contributed by atoms with Crippen LogP contribution in [0.3, 0.4) is 0 Å². The molecule has 2 bridgehead atoms. The van der Waals surface area contributed by atoms with Crippen molar-refractivity contribution in [1.82, 2.24) is 10.1 Å². The number of aryl methyl sites for hydroxylation is 1. The highest BCUT2D eigenvalue weighted by atomic mass is 16.5. The Bertz CT molecular complexity index is 639. The molecule has 1 aromatic heterocycles. The minimum atomic E-state index is -0.428. The van der Waals surface area contributed by atoms with Crippen LogP contribution in [-0.4, -0.2) is 34.3 Å². The number of carbonyl (C=O) groups excluding carboxylic acids is 3. The number of anilines is 1. The van der Waals surface area contributed by atoms with E-state index in [9.17, 15) is 14.4 Å². The van der Waals surface area contributed by atoms with Crippen LogP contribution in [0.5, 0.6) is 0 Å². The highest BCUT2D eigenvalue weighted by Gasteiger charge is 2.60. The highest BCUT2D eigenvalue weighted by Crippen LogP contribution is 2.55. The van der Waals surface area contributed by atoms with Gasteiger partial charge in [0.1, 0.15) is 12.3 Å². The van der Waals surface area contributed by atoms with Gasteiger partial charge in [-0.25, -0.2) is 0 Å². The first-order chi connectivity index (χ1) is 10.5. The van der Waals surface area contributed by atoms with Crippen LogP contribution in [0.4, 0.5) is 5.82 Å². The molecule has 22 heavy (non-hydrogen) atoms. The van der Waals surface area contributed by atoms with Gasteiger partial charge in [-0.05, 0) is 38.0 Å². The second kappa shape index (κ2) is 4.66. The molecule has 116 valence electrons. The Morgan fingerprint density at radius 1 is 1.32 bits per heavy atom. The van der Waals surface area contributed by atoms with E-state index < -0.39 is 5.91 Å². The molecule has 4 atom stereocenters. The van der Waals surface area contributed by atoms with Gasteiger partial charge in [-0.3, -0.25) is 19.3 Å². The number of carbonyl (C=O) groups is 3. The molecule has 0 unspecified atom stereocenters. The monoisotopic (exact) mass is 303 g/mol. The molecular weight excluding hydrogens is 286 g/mol. The molecule has 1 N–H and O–H groups in total. The molecule has 1 aliphatic heterocycles. The van der Waals surface area contributed by atoms with E-state index in [1.165, 1.54) is 0 Å². The number of fused-ring (bicyclic) bond motifs is 5. The third-order valence-electron chi connectivity index (χ3n) is 5.22. The summed E-state index contributed by atoms with van der Waals surface area (Å²) in [7, 11) is 0. The van der Waals surface area contributed by atoms with Crippen molar-refractivity contribution >= 4 is 23.5 Å². The van der Waals surface area contributed by atoms with E-state index in [1.807, 2.05) is 0 Å². The molecule has 3 aliphatic rings. The molecule has 2 saturated carbocycles. The third kappa shape index (κ3) is 1.88. The number of hydrogen-bond acceptors (Lipinski definition) is 5. The maximum absolute atomic E-state index is 12.5. The van der Waals surface area contributed by atoms with Crippen LogP contribution >= 0.6 is 0 Å². The summed E-state index contributed by atoms with van der Waals surface area (Å²) in [5, 5.41) is 6.21. The molecule has 0 radical (unpaired) electrons. The summed E-state index contributed by atoms with van der Waals surface area (Å²) >= 11 is 0. The van der Waals surface area contributed by atoms with Gasteiger partial charge in [0.15, 0.2) is 5.82 Å². The number of hydrogen-bond donors (Lipinski definition) is 1. The van der Waals surface area contributed by atoms with E-state index in [0.717, 1.165) is 24.2 Å². The minimum absolute atomic E-state index is 0.173. The summed E-state index contributed by atoms with van der Waals surface area (Å²) in [6.07, 6.45) is 3.05. The summed E-state index contributed by atoms with van der Waals surface area (Å²) in [6, 6.07) is 1.58. The molecule has 7 nitrogen and oxygen atoms in total. The molecule has 3 fully saturated rings. The van der Waals surface area contributed by atoms with Crippen LogP contribution in [0.15, 0.2) is 10.6 Å². The van der Waals surface area contributed by atoms with Crippen molar-refractivity contribution in [2.45, 2.75) is 26.2 Å². The van der Waals surface area contributed by atoms with E-state index in [2.05, 4.69) is 10.5 Å². The molecule has 0 spiro atoms. The number of rotatable bonds is 3. The highest BCUT2D eigenvalue weighted by molar-refractivity contribution is 6.09. The van der Waals surface area contributed by atoms with Crippen molar-refractivity contribution in [2.75, 3.05) is 11.9 Å². The Morgan fingerprint density at radius 2 is 1.95 bits per heavy atom. The average Bonchev–Trinajstić information content (AvgIpc) is 3.21. The fourth-order valence-electron chi connectivity index (χ4n) is 4.38. The van der Waals surface area contributed by atoms with Crippen LogP contribution in [0.2, 0.25) is 0 Å². The number of amides is 3. The fourth-order valence-corrected chi connectivity index (χ4v) is 4.38. The predicted molar refractivity (Wildman–Crippen MR) is 74.4 cm³/mol. The lowest BCUT2D eigenvalue weighted by molar-refractivity contribution is -0.143. The molecule has 4 rings (SSSR count). The summed E-state index contributed by atoms with van der Waals surface area (Å²) < 4.78 is 4.86. The van der Waals surface area contributed by atoms with Crippen molar-refractivity contribution in [3.8, 4) is 0 Å². The largest absolute Gasteiger partial charge is 0.360 e. The first-order valence-electron chi connectivity index (χ1n) is 7.63. The standard InChI is InChI=1S/C15H17N3O4/c1-7-4-10(17-22-7)16-11(19)6-18-14(20)12-8-2-3-9(5-8)13(12)15(18)21/h4,8-9,12-13H,2-3,5-6H2,1H3,(H,16,17,19)/t8-,9-,12-,13-/m0/s1. The summed E-state index contributed by atoms with van der Waals surface area (Å²) in [5.74, 6) is 0.387. The van der Waals surface area contributed by atoms with E-state index in [-0.39, 0.29) is 30.2 Å². The smallest absolute Gasteiger partial charge is 0.245 e. The molecule has 1 saturated heterocycles. The lowest BCUT2D eigenvalue weighted by Gasteiger charge is -2.19. The summed E-state index contributed by atoms with van der Waals surface area (Å²) in [6.45, 7) is 1.48. The Balaban J connectivity index is 1.46. The first-order valence-corrected chi connectivity index (χ1v) is 7.63. The van der Waals surface area contributed by atoms with Gasteiger partial charge in [0, 0.05) is 6.07 Å². The number of nitrogens with zero attached hydrogens (tertiary/aromatic N) is 2. The van der Waals surface area contributed by atoms with Crippen molar-refractivity contribution in [1.29, 1.82) is 0 Å². The molecule has 1 aromatic rings. The van der Waals surface area contributed by atoms with Gasteiger partial charge in [0.2, 0.25) is 17.7 Å². The minimum Gasteiger partial charge on any atom is -0.360 e. The first kappa shape index (κ1) is 13.5. The Hall–Kier alpha value is -2.18. The third-order valence-corrected chi connectivity index (χ3v) is 5.22. The van der Waals surface area contributed by atoms with E-state index in [4.69, 9.17) is 4.52 Å². The predicted octanol–water partition coefficient (Wildman–Crippen LogP) is 0.953. The molecule has 3 amide bonds. The van der Waals surface area contributed by atoms with Gasteiger partial charge in [0.05, 0.1) is 11.8 Å². The van der Waals surface area contributed by atoms with Gasteiger partial charge >= 0.3 is 0 Å². The van der Waals surface area contributed by atoms with Crippen LogP contribution < -0.4 is 5.32 Å². The zero-order valence-electron chi connectivity index (χ0n) is 12.2. The van der Waals surface area contributed by atoms with Crippen molar-refractivity contribution in [3.05, 3.63) is 11.8 Å². The summed E-state index contributed by atoms with van der Waals surface area (Å²) in [4.78, 5) is 38.1.